The molecule has 3 heteroatoms. The smallest absolute Gasteiger partial charge is 0.155 e. The second-order valence-electron chi connectivity index (χ2n) is 8.73. The zero-order chi connectivity index (χ0) is 18.0. The zero-order valence-electron chi connectivity index (χ0n) is 15.1. The Labute approximate surface area is 150 Å². The van der Waals surface area contributed by atoms with Crippen LogP contribution in [0.5, 0.6) is 0 Å². The van der Waals surface area contributed by atoms with Crippen LogP contribution in [0.15, 0.2) is 23.8 Å². The predicted octanol–water partition coefficient (Wildman–Crippen LogP) is 3.16. The first-order valence-corrected chi connectivity index (χ1v) is 9.65. The van der Waals surface area contributed by atoms with Crippen LogP contribution in [-0.2, 0) is 4.79 Å². The van der Waals surface area contributed by atoms with Crippen LogP contribution in [0.25, 0.3) is 0 Å². The van der Waals surface area contributed by atoms with Crippen molar-refractivity contribution in [3.63, 3.8) is 0 Å². The quantitative estimate of drug-likeness (QED) is 0.569. The lowest BCUT2D eigenvalue weighted by atomic mass is 9.47. The molecule has 0 amide bonds. The number of terminal acetylenes is 1. The number of aliphatic hydroxyl groups is 2. The molecule has 0 aromatic heterocycles. The lowest BCUT2D eigenvalue weighted by Gasteiger charge is -2.59. The Kier molecular flexibility index (Phi) is 3.63. The van der Waals surface area contributed by atoms with Crippen molar-refractivity contribution in [1.82, 2.24) is 0 Å². The molecule has 0 aromatic rings. The van der Waals surface area contributed by atoms with Crippen molar-refractivity contribution in [1.29, 1.82) is 0 Å². The van der Waals surface area contributed by atoms with E-state index in [-0.39, 0.29) is 17.1 Å². The van der Waals surface area contributed by atoms with Crippen LogP contribution in [0, 0.1) is 35.5 Å². The molecular weight excluding hydrogens is 312 g/mol. The number of carbonyl (C=O) groups excluding carboxylic acids is 1. The predicted molar refractivity (Wildman–Crippen MR) is 96.5 cm³/mol. The van der Waals surface area contributed by atoms with Gasteiger partial charge < -0.3 is 10.2 Å². The fraction of sp³-hybridized carbons (Fsp3) is 0.682. The van der Waals surface area contributed by atoms with Gasteiger partial charge in [0.15, 0.2) is 5.78 Å². The van der Waals surface area contributed by atoms with Crippen molar-refractivity contribution in [2.24, 2.45) is 23.2 Å². The van der Waals surface area contributed by atoms with Crippen molar-refractivity contribution in [3.8, 4) is 12.3 Å². The van der Waals surface area contributed by atoms with Gasteiger partial charge in [-0.3, -0.25) is 4.79 Å². The van der Waals surface area contributed by atoms with Crippen molar-refractivity contribution in [2.75, 3.05) is 0 Å². The fourth-order valence-corrected chi connectivity index (χ4v) is 6.93. The molecule has 0 bridgehead atoms. The highest BCUT2D eigenvalue weighted by atomic mass is 16.3. The van der Waals surface area contributed by atoms with Crippen molar-refractivity contribution in [3.05, 3.63) is 23.8 Å². The van der Waals surface area contributed by atoms with Crippen molar-refractivity contribution >= 4 is 5.78 Å². The van der Waals surface area contributed by atoms with Gasteiger partial charge in [-0.25, -0.2) is 0 Å². The average Bonchev–Trinajstić information content (AvgIpc) is 2.89. The molecule has 0 radical (unpaired) electrons. The second-order valence-corrected chi connectivity index (χ2v) is 8.73. The summed E-state index contributed by atoms with van der Waals surface area (Å²) in [7, 11) is 0. The lowest BCUT2D eigenvalue weighted by Crippen LogP contribution is -2.59. The Balaban J connectivity index is 1.79. The summed E-state index contributed by atoms with van der Waals surface area (Å²) in [6.45, 7) is 6.48. The van der Waals surface area contributed by atoms with Crippen LogP contribution in [0.3, 0.4) is 0 Å². The van der Waals surface area contributed by atoms with Gasteiger partial charge >= 0.3 is 0 Å². The number of rotatable bonds is 1. The van der Waals surface area contributed by atoms with Gasteiger partial charge in [-0.05, 0) is 68.4 Å². The molecule has 0 spiro atoms. The highest BCUT2D eigenvalue weighted by molar-refractivity contribution is 5.92. The number of ketones is 1. The molecule has 0 saturated heterocycles. The molecule has 4 rings (SSSR count). The first kappa shape index (κ1) is 17.1. The molecule has 3 saturated carbocycles. The molecule has 4 aliphatic carbocycles. The van der Waals surface area contributed by atoms with E-state index < -0.39 is 11.2 Å². The average molecular weight is 340 g/mol. The second kappa shape index (κ2) is 5.32. The monoisotopic (exact) mass is 340 g/mol. The number of hydrogen-bond donors (Lipinski definition) is 2. The number of hydrogen-bond acceptors (Lipinski definition) is 3. The van der Waals surface area contributed by atoms with E-state index in [4.69, 9.17) is 6.42 Å². The first-order valence-electron chi connectivity index (χ1n) is 9.65. The highest BCUT2D eigenvalue weighted by Gasteiger charge is 2.66. The highest BCUT2D eigenvalue weighted by Crippen LogP contribution is 2.67. The van der Waals surface area contributed by atoms with E-state index in [0.29, 0.717) is 37.5 Å². The van der Waals surface area contributed by atoms with Gasteiger partial charge in [0.25, 0.3) is 0 Å². The molecule has 0 heterocycles. The third-order valence-corrected chi connectivity index (χ3v) is 8.05. The summed E-state index contributed by atoms with van der Waals surface area (Å²) >= 11 is 0. The molecule has 3 fully saturated rings. The van der Waals surface area contributed by atoms with Crippen LogP contribution in [0.2, 0.25) is 0 Å². The molecule has 0 aliphatic heterocycles. The molecule has 4 aliphatic rings. The molecule has 0 unspecified atom stereocenters. The van der Waals surface area contributed by atoms with Crippen molar-refractivity contribution < 1.29 is 15.0 Å². The Bertz CT molecular complexity index is 713. The molecule has 2 N–H and O–H groups in total. The maximum atomic E-state index is 11.8. The maximum absolute atomic E-state index is 11.8. The van der Waals surface area contributed by atoms with Crippen LogP contribution < -0.4 is 0 Å². The first-order chi connectivity index (χ1) is 11.8. The van der Waals surface area contributed by atoms with Crippen LogP contribution in [0.4, 0.5) is 0 Å². The lowest BCUT2D eigenvalue weighted by molar-refractivity contribution is -0.126. The minimum absolute atomic E-state index is 0.00889. The minimum Gasteiger partial charge on any atom is -0.385 e. The van der Waals surface area contributed by atoms with E-state index in [9.17, 15) is 15.0 Å². The normalized spacial score (nSPS) is 48.9. The molecule has 25 heavy (non-hydrogen) atoms. The fourth-order valence-electron chi connectivity index (χ4n) is 6.93. The van der Waals surface area contributed by atoms with Gasteiger partial charge in [-0.2, -0.15) is 0 Å². The minimum atomic E-state index is -1.07. The SMILES string of the molecule is C#C[C@]1(O)CC[C@H]2[C@@H]3CCC4=CC(=O)CC[C@]4(O)[C@H]3C(=C)C[C@@]21CC. The van der Waals surface area contributed by atoms with E-state index in [1.165, 1.54) is 0 Å². The third-order valence-electron chi connectivity index (χ3n) is 8.05. The third kappa shape index (κ3) is 1.99. The van der Waals surface area contributed by atoms with Crippen molar-refractivity contribution in [2.45, 2.75) is 69.5 Å². The van der Waals surface area contributed by atoms with Crippen LogP contribution in [-0.4, -0.2) is 27.2 Å². The van der Waals surface area contributed by atoms with E-state index in [1.807, 2.05) is 0 Å². The van der Waals surface area contributed by atoms with E-state index in [1.54, 1.807) is 6.08 Å². The molecule has 3 nitrogen and oxygen atoms in total. The Morgan fingerprint density at radius 3 is 2.76 bits per heavy atom. The van der Waals surface area contributed by atoms with Gasteiger partial charge in [0, 0.05) is 17.8 Å². The molecule has 0 aromatic carbocycles. The summed E-state index contributed by atoms with van der Waals surface area (Å²) < 4.78 is 0. The molecular formula is C22H28O3. The van der Waals surface area contributed by atoms with E-state index in [0.717, 1.165) is 36.8 Å². The summed E-state index contributed by atoms with van der Waals surface area (Å²) in [6, 6.07) is 0. The van der Waals surface area contributed by atoms with Gasteiger partial charge in [0.05, 0.1) is 5.60 Å². The van der Waals surface area contributed by atoms with E-state index >= 15 is 0 Å². The summed E-state index contributed by atoms with van der Waals surface area (Å²) in [5, 5.41) is 22.7. The van der Waals surface area contributed by atoms with Crippen LogP contribution in [0.1, 0.15) is 58.3 Å². The summed E-state index contributed by atoms with van der Waals surface area (Å²) in [6.07, 6.45) is 13.1. The largest absolute Gasteiger partial charge is 0.385 e. The van der Waals surface area contributed by atoms with Gasteiger partial charge in [-0.1, -0.05) is 25.0 Å². The maximum Gasteiger partial charge on any atom is 0.155 e. The number of carbonyl (C=O) groups is 1. The number of fused-ring (bicyclic) bond motifs is 5. The Morgan fingerprint density at radius 2 is 2.08 bits per heavy atom. The summed E-state index contributed by atoms with van der Waals surface area (Å²) in [5.74, 6) is 3.44. The standard InChI is InChI=1S/C22H28O3/c1-4-20-13-14(3)19-17(18(20)9-10-21(20,24)5-2)7-6-15-12-16(23)8-11-22(15,19)25/h2,12,17-19,24-25H,3-4,6-11,13H2,1H3/t17-,18-,19-,20-,21-,22+/m0/s1. The summed E-state index contributed by atoms with van der Waals surface area (Å²) in [5.41, 5.74) is -0.393. The molecule has 6 atom stereocenters. The van der Waals surface area contributed by atoms with Gasteiger partial charge in [0.2, 0.25) is 0 Å². The van der Waals surface area contributed by atoms with Crippen LogP contribution >= 0.6 is 0 Å². The zero-order valence-corrected chi connectivity index (χ0v) is 15.1. The topological polar surface area (TPSA) is 57.5 Å². The summed E-state index contributed by atoms with van der Waals surface area (Å²) in [4.78, 5) is 11.8. The Hall–Kier alpha value is -1.37. The Morgan fingerprint density at radius 1 is 1.32 bits per heavy atom. The van der Waals surface area contributed by atoms with Gasteiger partial charge in [-0.15, -0.1) is 6.42 Å². The van der Waals surface area contributed by atoms with E-state index in [2.05, 4.69) is 19.4 Å². The van der Waals surface area contributed by atoms with Gasteiger partial charge in [0.1, 0.15) is 5.60 Å². The molecule has 134 valence electrons.